The van der Waals surface area contributed by atoms with Gasteiger partial charge in [-0.2, -0.15) is 5.10 Å². The van der Waals surface area contributed by atoms with Crippen molar-refractivity contribution in [2.24, 2.45) is 12.8 Å². The molecular weight excluding hydrogens is 212 g/mol. The van der Waals surface area contributed by atoms with Crippen molar-refractivity contribution in [1.29, 1.82) is 0 Å². The van der Waals surface area contributed by atoms with Crippen LogP contribution in [0.25, 0.3) is 0 Å². The fourth-order valence-corrected chi connectivity index (χ4v) is 1.41. The van der Waals surface area contributed by atoms with E-state index in [0.29, 0.717) is 10.6 Å². The number of rotatable bonds is 3. The second kappa shape index (κ2) is 4.39. The molecule has 1 heterocycles. The van der Waals surface area contributed by atoms with E-state index in [4.69, 9.17) is 18.0 Å². The normalized spacial score (nSPS) is 10.1. The van der Waals surface area contributed by atoms with Crippen LogP contribution in [-0.2, 0) is 7.05 Å². The molecule has 0 atom stereocenters. The molecule has 0 aliphatic rings. The first kappa shape index (κ1) is 11.6. The third-order valence-electron chi connectivity index (χ3n) is 2.21. The average molecular weight is 226 g/mol. The van der Waals surface area contributed by atoms with Crippen molar-refractivity contribution in [2.75, 3.05) is 13.6 Å². The predicted octanol–water partition coefficient (Wildman–Crippen LogP) is 0.0866. The Morgan fingerprint density at radius 1 is 1.73 bits per heavy atom. The molecule has 0 bridgehead atoms. The molecule has 6 heteroatoms. The first-order valence-corrected chi connectivity index (χ1v) is 4.86. The molecule has 0 aromatic carbocycles. The van der Waals surface area contributed by atoms with Gasteiger partial charge in [0.2, 0.25) is 0 Å². The highest BCUT2D eigenvalue weighted by atomic mass is 32.1. The first-order valence-electron chi connectivity index (χ1n) is 4.46. The van der Waals surface area contributed by atoms with E-state index in [-0.39, 0.29) is 12.5 Å². The largest absolute Gasteiger partial charge is 0.392 e. The van der Waals surface area contributed by atoms with Crippen LogP contribution >= 0.6 is 12.2 Å². The Hall–Kier alpha value is -1.43. The van der Waals surface area contributed by atoms with Gasteiger partial charge < -0.3 is 10.6 Å². The van der Waals surface area contributed by atoms with Crippen molar-refractivity contribution in [3.8, 4) is 0 Å². The Bertz CT molecular complexity index is 399. The SMILES string of the molecule is Cc1c(C(=O)N(C)CC(N)=S)cnn1C. The number of nitrogens with two attached hydrogens (primary N) is 1. The van der Waals surface area contributed by atoms with Crippen LogP contribution in [0.2, 0.25) is 0 Å². The molecule has 1 aromatic heterocycles. The van der Waals surface area contributed by atoms with Gasteiger partial charge in [0.25, 0.3) is 5.91 Å². The van der Waals surface area contributed by atoms with Crippen molar-refractivity contribution in [2.45, 2.75) is 6.92 Å². The summed E-state index contributed by atoms with van der Waals surface area (Å²) in [7, 11) is 3.45. The maximum Gasteiger partial charge on any atom is 0.257 e. The molecule has 0 saturated heterocycles. The number of amides is 1. The van der Waals surface area contributed by atoms with Crippen LogP contribution in [0.3, 0.4) is 0 Å². The molecule has 1 aromatic rings. The van der Waals surface area contributed by atoms with Crippen LogP contribution < -0.4 is 5.73 Å². The van der Waals surface area contributed by atoms with Crippen LogP contribution in [0.1, 0.15) is 16.1 Å². The number of hydrogen-bond acceptors (Lipinski definition) is 3. The molecular formula is C9H14N4OS. The molecule has 1 amide bonds. The highest BCUT2D eigenvalue weighted by molar-refractivity contribution is 7.80. The zero-order valence-corrected chi connectivity index (χ0v) is 9.84. The number of likely N-dealkylation sites (N-methyl/N-ethyl adjacent to an activating group) is 1. The minimum atomic E-state index is -0.117. The van der Waals surface area contributed by atoms with Gasteiger partial charge in [0.05, 0.1) is 23.3 Å². The molecule has 0 radical (unpaired) electrons. The van der Waals surface area contributed by atoms with Crippen LogP contribution in [0, 0.1) is 6.92 Å². The second-order valence-corrected chi connectivity index (χ2v) is 3.92. The predicted molar refractivity (Wildman–Crippen MR) is 61.7 cm³/mol. The molecule has 0 saturated carbocycles. The van der Waals surface area contributed by atoms with Gasteiger partial charge in [-0.1, -0.05) is 12.2 Å². The van der Waals surface area contributed by atoms with Crippen molar-refractivity contribution in [3.63, 3.8) is 0 Å². The van der Waals surface area contributed by atoms with Crippen LogP contribution in [-0.4, -0.2) is 39.2 Å². The van der Waals surface area contributed by atoms with E-state index in [1.807, 2.05) is 6.92 Å². The lowest BCUT2D eigenvalue weighted by atomic mass is 10.2. The van der Waals surface area contributed by atoms with Crippen LogP contribution in [0.5, 0.6) is 0 Å². The van der Waals surface area contributed by atoms with E-state index in [9.17, 15) is 4.79 Å². The van der Waals surface area contributed by atoms with Gasteiger partial charge in [-0.05, 0) is 6.92 Å². The summed E-state index contributed by atoms with van der Waals surface area (Å²) in [4.78, 5) is 13.6. The Labute approximate surface area is 93.8 Å². The monoisotopic (exact) mass is 226 g/mol. The zero-order valence-electron chi connectivity index (χ0n) is 9.02. The Morgan fingerprint density at radius 3 is 2.73 bits per heavy atom. The molecule has 0 spiro atoms. The lowest BCUT2D eigenvalue weighted by Gasteiger charge is -2.15. The summed E-state index contributed by atoms with van der Waals surface area (Å²) >= 11 is 4.74. The molecule has 0 aliphatic heterocycles. The van der Waals surface area contributed by atoms with E-state index in [1.54, 1.807) is 25.0 Å². The average Bonchev–Trinajstić information content (AvgIpc) is 2.45. The molecule has 0 aliphatic carbocycles. The second-order valence-electron chi connectivity index (χ2n) is 3.39. The van der Waals surface area contributed by atoms with Crippen LogP contribution in [0.15, 0.2) is 6.20 Å². The highest BCUT2D eigenvalue weighted by Crippen LogP contribution is 2.08. The number of thiocarbonyl (C=S) groups is 1. The Balaban J connectivity index is 2.85. The van der Waals surface area contributed by atoms with Gasteiger partial charge in [0.1, 0.15) is 0 Å². The minimum Gasteiger partial charge on any atom is -0.392 e. The van der Waals surface area contributed by atoms with Crippen molar-refractivity contribution >= 4 is 23.1 Å². The third kappa shape index (κ3) is 2.53. The summed E-state index contributed by atoms with van der Waals surface area (Å²) in [6.07, 6.45) is 1.55. The van der Waals surface area contributed by atoms with E-state index in [2.05, 4.69) is 5.10 Å². The van der Waals surface area contributed by atoms with E-state index in [1.165, 1.54) is 4.90 Å². The first-order chi connectivity index (χ1) is 6.93. The van der Waals surface area contributed by atoms with Gasteiger partial charge in [-0.15, -0.1) is 0 Å². The number of aryl methyl sites for hydroxylation is 1. The maximum absolute atomic E-state index is 11.9. The molecule has 0 fully saturated rings. The van der Waals surface area contributed by atoms with E-state index >= 15 is 0 Å². The number of nitrogens with zero attached hydrogens (tertiary/aromatic N) is 3. The van der Waals surface area contributed by atoms with Crippen molar-refractivity contribution < 1.29 is 4.79 Å². The summed E-state index contributed by atoms with van der Waals surface area (Å²) in [5.74, 6) is -0.117. The fraction of sp³-hybridized carbons (Fsp3) is 0.444. The maximum atomic E-state index is 11.9. The standard InChI is InChI=1S/C9H14N4OS/c1-6-7(4-11-13(6)3)9(14)12(2)5-8(10)15/h4H,5H2,1-3H3,(H2,10,15). The summed E-state index contributed by atoms with van der Waals surface area (Å²) in [5, 5.41) is 4.00. The molecule has 0 unspecified atom stereocenters. The summed E-state index contributed by atoms with van der Waals surface area (Å²) in [6, 6.07) is 0. The number of aromatic nitrogens is 2. The lowest BCUT2D eigenvalue weighted by molar-refractivity contribution is 0.0814. The lowest BCUT2D eigenvalue weighted by Crippen LogP contribution is -2.34. The van der Waals surface area contributed by atoms with Gasteiger partial charge in [0, 0.05) is 19.8 Å². The van der Waals surface area contributed by atoms with Crippen molar-refractivity contribution in [3.05, 3.63) is 17.5 Å². The Morgan fingerprint density at radius 2 is 2.33 bits per heavy atom. The van der Waals surface area contributed by atoms with Crippen molar-refractivity contribution in [1.82, 2.24) is 14.7 Å². The van der Waals surface area contributed by atoms with Gasteiger partial charge >= 0.3 is 0 Å². The van der Waals surface area contributed by atoms with E-state index in [0.717, 1.165) is 5.69 Å². The van der Waals surface area contributed by atoms with Crippen LogP contribution in [0.4, 0.5) is 0 Å². The summed E-state index contributed by atoms with van der Waals surface area (Å²) < 4.78 is 1.65. The van der Waals surface area contributed by atoms with E-state index < -0.39 is 0 Å². The Kier molecular flexibility index (Phi) is 3.41. The summed E-state index contributed by atoms with van der Waals surface area (Å²) in [5.41, 5.74) is 6.78. The summed E-state index contributed by atoms with van der Waals surface area (Å²) in [6.45, 7) is 2.12. The molecule has 1 rings (SSSR count). The fourth-order valence-electron chi connectivity index (χ4n) is 1.22. The molecule has 15 heavy (non-hydrogen) atoms. The van der Waals surface area contributed by atoms with Gasteiger partial charge in [-0.3, -0.25) is 9.48 Å². The van der Waals surface area contributed by atoms with Gasteiger partial charge in [0.15, 0.2) is 0 Å². The number of hydrogen-bond donors (Lipinski definition) is 1. The quantitative estimate of drug-likeness (QED) is 0.742. The van der Waals surface area contributed by atoms with Gasteiger partial charge in [-0.25, -0.2) is 0 Å². The molecule has 82 valence electrons. The number of carbonyl (C=O) groups is 1. The third-order valence-corrected chi connectivity index (χ3v) is 2.33. The molecule has 5 nitrogen and oxygen atoms in total. The smallest absolute Gasteiger partial charge is 0.257 e. The topological polar surface area (TPSA) is 64.2 Å². The number of carbonyl (C=O) groups excluding carboxylic acids is 1. The minimum absolute atomic E-state index is 0.117. The highest BCUT2D eigenvalue weighted by Gasteiger charge is 2.17. The molecule has 2 N–H and O–H groups in total. The zero-order chi connectivity index (χ0) is 11.6.